The maximum absolute atomic E-state index is 12.2. The summed E-state index contributed by atoms with van der Waals surface area (Å²) in [6.45, 7) is 0. The van der Waals surface area contributed by atoms with E-state index in [0.717, 1.165) is 11.3 Å². The van der Waals surface area contributed by atoms with Crippen LogP contribution in [-0.4, -0.2) is 18.6 Å². The first-order valence-corrected chi connectivity index (χ1v) is 8.90. The molecule has 0 saturated carbocycles. The van der Waals surface area contributed by atoms with Crippen molar-refractivity contribution in [3.05, 3.63) is 71.4 Å². The molecule has 3 rings (SSSR count). The smallest absolute Gasteiger partial charge is 0.236 e. The molecule has 5 nitrogen and oxygen atoms in total. The number of H-pyrrole nitrogens is 1. The minimum atomic E-state index is -3.53. The van der Waals surface area contributed by atoms with Gasteiger partial charge in [-0.15, -0.1) is 0 Å². The summed E-state index contributed by atoms with van der Waals surface area (Å²) in [6, 6.07) is 15.8. The first-order chi connectivity index (χ1) is 11.0. The number of sulfonamides is 1. The van der Waals surface area contributed by atoms with Crippen LogP contribution < -0.4 is 4.72 Å². The van der Waals surface area contributed by atoms with E-state index in [2.05, 4.69) is 14.9 Å². The molecule has 1 heterocycles. The number of hydrogen-bond donors (Lipinski definition) is 2. The quantitative estimate of drug-likeness (QED) is 0.739. The Labute approximate surface area is 139 Å². The second kappa shape index (κ2) is 6.44. The SMILES string of the molecule is O=S(=O)(Cc1ccccc1Cl)Nc1ccc(-c2ccn[nH]2)cc1. The van der Waals surface area contributed by atoms with Crippen molar-refractivity contribution in [3.8, 4) is 11.3 Å². The fourth-order valence-corrected chi connectivity index (χ4v) is 3.68. The summed E-state index contributed by atoms with van der Waals surface area (Å²) < 4.78 is 27.1. The van der Waals surface area contributed by atoms with E-state index < -0.39 is 10.0 Å². The summed E-state index contributed by atoms with van der Waals surface area (Å²) in [6.07, 6.45) is 1.66. The van der Waals surface area contributed by atoms with Crippen LogP contribution in [-0.2, 0) is 15.8 Å². The molecule has 0 spiro atoms. The molecule has 1 aromatic heterocycles. The number of halogens is 1. The van der Waals surface area contributed by atoms with Gasteiger partial charge in [-0.05, 0) is 35.4 Å². The first kappa shape index (κ1) is 15.6. The number of aromatic amines is 1. The molecule has 3 aromatic rings. The third-order valence-corrected chi connectivity index (χ3v) is 4.88. The highest BCUT2D eigenvalue weighted by atomic mass is 35.5. The van der Waals surface area contributed by atoms with Crippen LogP contribution in [0, 0.1) is 0 Å². The molecule has 0 saturated heterocycles. The minimum absolute atomic E-state index is 0.172. The largest absolute Gasteiger partial charge is 0.283 e. The van der Waals surface area contributed by atoms with Crippen LogP contribution in [0.15, 0.2) is 60.8 Å². The van der Waals surface area contributed by atoms with E-state index in [-0.39, 0.29) is 5.75 Å². The molecule has 2 aromatic carbocycles. The molecule has 0 bridgehead atoms. The summed E-state index contributed by atoms with van der Waals surface area (Å²) in [7, 11) is -3.53. The molecule has 0 atom stereocenters. The molecular weight excluding hydrogens is 334 g/mol. The average molecular weight is 348 g/mol. The van der Waals surface area contributed by atoms with E-state index >= 15 is 0 Å². The van der Waals surface area contributed by atoms with Gasteiger partial charge in [0, 0.05) is 16.9 Å². The van der Waals surface area contributed by atoms with Gasteiger partial charge in [0.1, 0.15) is 0 Å². The zero-order chi connectivity index (χ0) is 16.3. The molecule has 0 fully saturated rings. The van der Waals surface area contributed by atoms with Gasteiger partial charge >= 0.3 is 0 Å². The molecule has 23 heavy (non-hydrogen) atoms. The van der Waals surface area contributed by atoms with Crippen molar-refractivity contribution in [1.82, 2.24) is 10.2 Å². The van der Waals surface area contributed by atoms with Gasteiger partial charge in [-0.25, -0.2) is 8.42 Å². The Morgan fingerprint density at radius 2 is 1.78 bits per heavy atom. The Hall–Kier alpha value is -2.31. The third-order valence-electron chi connectivity index (χ3n) is 3.27. The average Bonchev–Trinajstić information content (AvgIpc) is 3.04. The van der Waals surface area contributed by atoms with Crippen LogP contribution in [0.1, 0.15) is 5.56 Å². The predicted molar refractivity (Wildman–Crippen MR) is 91.7 cm³/mol. The van der Waals surface area contributed by atoms with E-state index in [9.17, 15) is 8.42 Å². The lowest BCUT2D eigenvalue weighted by Gasteiger charge is -2.09. The van der Waals surface area contributed by atoms with Crippen molar-refractivity contribution >= 4 is 27.3 Å². The van der Waals surface area contributed by atoms with Crippen molar-refractivity contribution in [2.75, 3.05) is 4.72 Å². The predicted octanol–water partition coefficient (Wildman–Crippen LogP) is 3.67. The molecule has 0 radical (unpaired) electrons. The normalized spacial score (nSPS) is 11.3. The van der Waals surface area contributed by atoms with Gasteiger partial charge in [-0.1, -0.05) is 41.9 Å². The third kappa shape index (κ3) is 3.91. The van der Waals surface area contributed by atoms with Gasteiger partial charge < -0.3 is 0 Å². The molecule has 0 aliphatic heterocycles. The highest BCUT2D eigenvalue weighted by molar-refractivity contribution is 7.91. The highest BCUT2D eigenvalue weighted by Gasteiger charge is 2.14. The molecule has 0 aliphatic carbocycles. The summed E-state index contributed by atoms with van der Waals surface area (Å²) in [5.41, 5.74) is 2.86. The van der Waals surface area contributed by atoms with Crippen LogP contribution in [0.3, 0.4) is 0 Å². The highest BCUT2D eigenvalue weighted by Crippen LogP contribution is 2.22. The summed E-state index contributed by atoms with van der Waals surface area (Å²) >= 11 is 6.01. The maximum Gasteiger partial charge on any atom is 0.236 e. The Morgan fingerprint density at radius 3 is 2.43 bits per heavy atom. The topological polar surface area (TPSA) is 74.8 Å². The van der Waals surface area contributed by atoms with Gasteiger partial charge in [0.25, 0.3) is 0 Å². The number of hydrogen-bond acceptors (Lipinski definition) is 3. The second-order valence-corrected chi connectivity index (χ2v) is 7.13. The van der Waals surface area contributed by atoms with Gasteiger partial charge in [0.15, 0.2) is 0 Å². The maximum atomic E-state index is 12.2. The lowest BCUT2D eigenvalue weighted by molar-refractivity contribution is 0.600. The lowest BCUT2D eigenvalue weighted by atomic mass is 10.1. The van der Waals surface area contributed by atoms with Crippen molar-refractivity contribution in [2.24, 2.45) is 0 Å². The fourth-order valence-electron chi connectivity index (χ4n) is 2.17. The van der Waals surface area contributed by atoms with Crippen molar-refractivity contribution in [1.29, 1.82) is 0 Å². The first-order valence-electron chi connectivity index (χ1n) is 6.87. The molecule has 118 valence electrons. The van der Waals surface area contributed by atoms with Gasteiger partial charge in [0.2, 0.25) is 10.0 Å². The summed E-state index contributed by atoms with van der Waals surface area (Å²) in [5, 5.41) is 7.18. The van der Waals surface area contributed by atoms with Gasteiger partial charge in [-0.3, -0.25) is 9.82 Å². The molecule has 7 heteroatoms. The van der Waals surface area contributed by atoms with Crippen molar-refractivity contribution < 1.29 is 8.42 Å². The second-order valence-electron chi connectivity index (χ2n) is 5.00. The number of benzene rings is 2. The number of aromatic nitrogens is 2. The Bertz CT molecular complexity index is 891. The standard InChI is InChI=1S/C16H14ClN3O2S/c17-15-4-2-1-3-13(15)11-23(21,22)20-14-7-5-12(6-8-14)16-9-10-18-19-16/h1-10,20H,11H2,(H,18,19). The minimum Gasteiger partial charge on any atom is -0.283 e. The van der Waals surface area contributed by atoms with Crippen molar-refractivity contribution in [3.63, 3.8) is 0 Å². The molecule has 0 unspecified atom stereocenters. The van der Waals surface area contributed by atoms with E-state index in [1.807, 2.05) is 18.2 Å². The van der Waals surface area contributed by atoms with Crippen LogP contribution >= 0.6 is 11.6 Å². The summed E-state index contributed by atoms with van der Waals surface area (Å²) in [5.74, 6) is -0.172. The molecular formula is C16H14ClN3O2S. The Morgan fingerprint density at radius 1 is 1.04 bits per heavy atom. The van der Waals surface area contributed by atoms with Gasteiger partial charge in [-0.2, -0.15) is 5.10 Å². The lowest BCUT2D eigenvalue weighted by Crippen LogP contribution is -2.15. The fraction of sp³-hybridized carbons (Fsp3) is 0.0625. The zero-order valence-electron chi connectivity index (χ0n) is 12.0. The van der Waals surface area contributed by atoms with E-state index in [1.165, 1.54) is 0 Å². The Balaban J connectivity index is 1.74. The number of nitrogens with zero attached hydrogens (tertiary/aromatic N) is 1. The monoisotopic (exact) mass is 347 g/mol. The van der Waals surface area contributed by atoms with Crippen LogP contribution in [0.5, 0.6) is 0 Å². The summed E-state index contributed by atoms with van der Waals surface area (Å²) in [4.78, 5) is 0. The molecule has 0 amide bonds. The zero-order valence-corrected chi connectivity index (χ0v) is 13.6. The van der Waals surface area contributed by atoms with Crippen LogP contribution in [0.2, 0.25) is 5.02 Å². The van der Waals surface area contributed by atoms with E-state index in [0.29, 0.717) is 16.3 Å². The molecule has 0 aliphatic rings. The van der Waals surface area contributed by atoms with Crippen molar-refractivity contribution in [2.45, 2.75) is 5.75 Å². The van der Waals surface area contributed by atoms with Crippen LogP contribution in [0.25, 0.3) is 11.3 Å². The number of nitrogens with one attached hydrogen (secondary N) is 2. The molecule has 2 N–H and O–H groups in total. The number of rotatable bonds is 5. The number of anilines is 1. The van der Waals surface area contributed by atoms with Gasteiger partial charge in [0.05, 0.1) is 11.4 Å². The van der Waals surface area contributed by atoms with E-state index in [1.54, 1.807) is 42.6 Å². The van der Waals surface area contributed by atoms with E-state index in [4.69, 9.17) is 11.6 Å². The Kier molecular flexibility index (Phi) is 4.36. The van der Waals surface area contributed by atoms with Crippen LogP contribution in [0.4, 0.5) is 5.69 Å².